The maximum absolute atomic E-state index is 12.2. The van der Waals surface area contributed by atoms with E-state index in [4.69, 9.17) is 16.3 Å². The van der Waals surface area contributed by atoms with Gasteiger partial charge >= 0.3 is 6.09 Å². The Bertz CT molecular complexity index is 484. The van der Waals surface area contributed by atoms with Crippen molar-refractivity contribution in [2.45, 2.75) is 50.2 Å². The molecular weight excluding hydrogens is 306 g/mol. The number of ether oxygens (including phenoxy) is 1. The normalized spacial score (nSPS) is 18.9. The van der Waals surface area contributed by atoms with E-state index in [2.05, 4.69) is 0 Å². The first-order chi connectivity index (χ1) is 9.85. The predicted octanol–water partition coefficient (Wildman–Crippen LogP) is 4.83. The molecule has 2 rings (SSSR count). The Hall–Kier alpha value is -0.870. The standard InChI is InChI=1S/C16H22ClNO2S/c1-16(2,3)20-15(19)18-10-4-5-13(18)11-21-14-8-6-12(17)7-9-14/h6-9,13H,4-5,10-11H2,1-3H3/t13-/m0/s1. The number of halogens is 1. The average Bonchev–Trinajstić information content (AvgIpc) is 2.84. The molecule has 116 valence electrons. The second-order valence-corrected chi connectivity index (χ2v) is 7.76. The van der Waals surface area contributed by atoms with Gasteiger partial charge in [-0.2, -0.15) is 0 Å². The van der Waals surface area contributed by atoms with Crippen LogP contribution in [0.4, 0.5) is 4.79 Å². The molecular formula is C16H22ClNO2S. The van der Waals surface area contributed by atoms with Gasteiger partial charge in [-0.1, -0.05) is 11.6 Å². The number of amides is 1. The van der Waals surface area contributed by atoms with Crippen LogP contribution in [0.5, 0.6) is 0 Å². The Morgan fingerprint density at radius 2 is 2.05 bits per heavy atom. The van der Waals surface area contributed by atoms with Crippen molar-refractivity contribution in [3.63, 3.8) is 0 Å². The van der Waals surface area contributed by atoms with Crippen LogP contribution in [0.2, 0.25) is 5.02 Å². The van der Waals surface area contributed by atoms with E-state index in [0.717, 1.165) is 30.2 Å². The first-order valence-electron chi connectivity index (χ1n) is 7.23. The Balaban J connectivity index is 1.90. The van der Waals surface area contributed by atoms with E-state index in [9.17, 15) is 4.79 Å². The van der Waals surface area contributed by atoms with Gasteiger partial charge in [0.05, 0.1) is 0 Å². The molecule has 3 nitrogen and oxygen atoms in total. The molecule has 1 aliphatic rings. The molecule has 0 aromatic heterocycles. The van der Waals surface area contributed by atoms with Crippen molar-refractivity contribution in [3.05, 3.63) is 29.3 Å². The van der Waals surface area contributed by atoms with Gasteiger partial charge in [0.25, 0.3) is 0 Å². The van der Waals surface area contributed by atoms with Crippen molar-refractivity contribution < 1.29 is 9.53 Å². The van der Waals surface area contributed by atoms with Crippen LogP contribution in [-0.2, 0) is 4.74 Å². The number of hydrogen-bond donors (Lipinski definition) is 0. The molecule has 21 heavy (non-hydrogen) atoms. The minimum absolute atomic E-state index is 0.193. The highest BCUT2D eigenvalue weighted by atomic mass is 35.5. The molecule has 0 unspecified atom stereocenters. The van der Waals surface area contributed by atoms with Crippen LogP contribution < -0.4 is 0 Å². The Morgan fingerprint density at radius 3 is 2.67 bits per heavy atom. The summed E-state index contributed by atoms with van der Waals surface area (Å²) in [7, 11) is 0. The van der Waals surface area contributed by atoms with Crippen molar-refractivity contribution in [1.82, 2.24) is 4.90 Å². The summed E-state index contributed by atoms with van der Waals surface area (Å²) < 4.78 is 5.48. The van der Waals surface area contributed by atoms with E-state index in [1.165, 1.54) is 4.90 Å². The summed E-state index contributed by atoms with van der Waals surface area (Å²) >= 11 is 7.64. The molecule has 0 N–H and O–H groups in total. The third-order valence-electron chi connectivity index (χ3n) is 3.26. The first kappa shape index (κ1) is 16.5. The maximum Gasteiger partial charge on any atom is 0.410 e. The number of thioether (sulfide) groups is 1. The zero-order valence-corrected chi connectivity index (χ0v) is 14.3. The van der Waals surface area contributed by atoms with Gasteiger partial charge in [0, 0.05) is 28.3 Å². The van der Waals surface area contributed by atoms with Crippen LogP contribution in [0, 0.1) is 0 Å². The van der Waals surface area contributed by atoms with E-state index < -0.39 is 5.60 Å². The fraction of sp³-hybridized carbons (Fsp3) is 0.562. The number of nitrogens with zero attached hydrogens (tertiary/aromatic N) is 1. The summed E-state index contributed by atoms with van der Waals surface area (Å²) in [6, 6.07) is 8.06. The van der Waals surface area contributed by atoms with Gasteiger partial charge in [-0.25, -0.2) is 4.79 Å². The largest absolute Gasteiger partial charge is 0.444 e. The summed E-state index contributed by atoms with van der Waals surface area (Å²) in [6.45, 7) is 6.50. The molecule has 1 fully saturated rings. The van der Waals surface area contributed by atoms with Gasteiger partial charge in [-0.3, -0.25) is 0 Å². The molecule has 0 aliphatic carbocycles. The zero-order chi connectivity index (χ0) is 15.5. The van der Waals surface area contributed by atoms with Gasteiger partial charge in [0.15, 0.2) is 0 Å². The van der Waals surface area contributed by atoms with Gasteiger partial charge in [0.1, 0.15) is 5.60 Å². The Kier molecular flexibility index (Phi) is 5.44. The van der Waals surface area contributed by atoms with E-state index in [-0.39, 0.29) is 12.1 Å². The molecule has 0 bridgehead atoms. The highest BCUT2D eigenvalue weighted by Gasteiger charge is 2.31. The van der Waals surface area contributed by atoms with Crippen LogP contribution in [0.1, 0.15) is 33.6 Å². The molecule has 1 saturated heterocycles. The highest BCUT2D eigenvalue weighted by molar-refractivity contribution is 7.99. The van der Waals surface area contributed by atoms with E-state index >= 15 is 0 Å². The first-order valence-corrected chi connectivity index (χ1v) is 8.59. The Morgan fingerprint density at radius 1 is 1.38 bits per heavy atom. The highest BCUT2D eigenvalue weighted by Crippen LogP contribution is 2.27. The van der Waals surface area contributed by atoms with Crippen molar-refractivity contribution >= 4 is 29.5 Å². The van der Waals surface area contributed by atoms with Crippen molar-refractivity contribution in [2.24, 2.45) is 0 Å². The number of rotatable bonds is 3. The number of likely N-dealkylation sites (tertiary alicyclic amines) is 1. The molecule has 0 spiro atoms. The summed E-state index contributed by atoms with van der Waals surface area (Å²) in [4.78, 5) is 15.2. The zero-order valence-electron chi connectivity index (χ0n) is 12.8. The number of hydrogen-bond acceptors (Lipinski definition) is 3. The van der Waals surface area contributed by atoms with Gasteiger partial charge in [-0.15, -0.1) is 11.8 Å². The Labute approximate surface area is 136 Å². The van der Waals surface area contributed by atoms with E-state index in [0.29, 0.717) is 0 Å². The van der Waals surface area contributed by atoms with E-state index in [1.54, 1.807) is 11.8 Å². The lowest BCUT2D eigenvalue weighted by Gasteiger charge is -2.28. The number of carbonyl (C=O) groups excluding carboxylic acids is 1. The molecule has 1 heterocycles. The molecule has 1 aliphatic heterocycles. The monoisotopic (exact) mass is 327 g/mol. The number of carbonyl (C=O) groups is 1. The molecule has 1 atom stereocenters. The third-order valence-corrected chi connectivity index (χ3v) is 4.67. The van der Waals surface area contributed by atoms with Crippen molar-refractivity contribution in [2.75, 3.05) is 12.3 Å². The summed E-state index contributed by atoms with van der Waals surface area (Å²) in [5, 5.41) is 0.746. The molecule has 0 radical (unpaired) electrons. The second-order valence-electron chi connectivity index (χ2n) is 6.23. The average molecular weight is 328 g/mol. The summed E-state index contributed by atoms with van der Waals surface area (Å²) in [5.74, 6) is 0.890. The smallest absolute Gasteiger partial charge is 0.410 e. The lowest BCUT2D eigenvalue weighted by molar-refractivity contribution is 0.0242. The summed E-state index contributed by atoms with van der Waals surface area (Å²) in [6.07, 6.45) is 1.90. The van der Waals surface area contributed by atoms with Crippen LogP contribution in [0.3, 0.4) is 0 Å². The summed E-state index contributed by atoms with van der Waals surface area (Å²) in [5.41, 5.74) is -0.437. The second kappa shape index (κ2) is 6.93. The van der Waals surface area contributed by atoms with E-state index in [1.807, 2.05) is 49.9 Å². The molecule has 1 aromatic carbocycles. The minimum atomic E-state index is -0.437. The lowest BCUT2D eigenvalue weighted by atomic mass is 10.2. The molecule has 1 amide bonds. The van der Waals surface area contributed by atoms with Crippen LogP contribution in [-0.4, -0.2) is 34.9 Å². The predicted molar refractivity (Wildman–Crippen MR) is 88.1 cm³/mol. The van der Waals surface area contributed by atoms with Crippen LogP contribution in [0.25, 0.3) is 0 Å². The van der Waals surface area contributed by atoms with Crippen molar-refractivity contribution in [1.29, 1.82) is 0 Å². The third kappa shape index (κ3) is 5.11. The van der Waals surface area contributed by atoms with Gasteiger partial charge in [0.2, 0.25) is 0 Å². The lowest BCUT2D eigenvalue weighted by Crippen LogP contribution is -2.40. The molecule has 1 aromatic rings. The minimum Gasteiger partial charge on any atom is -0.444 e. The SMILES string of the molecule is CC(C)(C)OC(=O)N1CCC[C@H]1CSc1ccc(Cl)cc1. The van der Waals surface area contributed by atoms with Crippen LogP contribution >= 0.6 is 23.4 Å². The fourth-order valence-corrected chi connectivity index (χ4v) is 3.48. The fourth-order valence-electron chi connectivity index (χ4n) is 2.29. The van der Waals surface area contributed by atoms with Crippen LogP contribution in [0.15, 0.2) is 29.2 Å². The topological polar surface area (TPSA) is 29.5 Å². The number of benzene rings is 1. The van der Waals surface area contributed by atoms with Crippen molar-refractivity contribution in [3.8, 4) is 0 Å². The quantitative estimate of drug-likeness (QED) is 0.744. The maximum atomic E-state index is 12.2. The molecule has 0 saturated carbocycles. The van der Waals surface area contributed by atoms with Gasteiger partial charge < -0.3 is 9.64 Å². The molecule has 5 heteroatoms. The van der Waals surface area contributed by atoms with Gasteiger partial charge in [-0.05, 0) is 57.9 Å².